The average Bonchev–Trinajstić information content (AvgIpc) is 3.29. The molecule has 0 spiro atoms. The van der Waals surface area contributed by atoms with Crippen molar-refractivity contribution in [1.29, 1.82) is 0 Å². The lowest BCUT2D eigenvalue weighted by Crippen LogP contribution is -2.27. The van der Waals surface area contributed by atoms with Gasteiger partial charge in [-0.1, -0.05) is 224 Å². The number of nitrogens with one attached hydrogen (secondary N) is 1. The van der Waals surface area contributed by atoms with Gasteiger partial charge in [-0.2, -0.15) is 0 Å². The molecule has 1 amide bonds. The number of rotatable bonds is 52. The van der Waals surface area contributed by atoms with Crippen LogP contribution in [-0.4, -0.2) is 54.3 Å². The van der Waals surface area contributed by atoms with Crippen LogP contribution in [0.15, 0.2) is 36.5 Å². The molecule has 0 aromatic rings. The number of allylic oxidation sites excluding steroid dienone is 6. The minimum atomic E-state index is -4.42. The molecule has 0 bridgehead atoms. The third-order valence-electron chi connectivity index (χ3n) is 12.0. The largest absolute Gasteiger partial charge is 0.472 e. The molecular weight excluding hydrogens is 834 g/mol. The van der Waals surface area contributed by atoms with E-state index in [0.717, 1.165) is 44.9 Å². The Labute approximate surface area is 401 Å². The highest BCUT2D eigenvalue weighted by atomic mass is 31.2. The Morgan fingerprint density at radius 1 is 0.477 bits per heavy atom. The van der Waals surface area contributed by atoms with Crippen LogP contribution in [0.3, 0.4) is 0 Å². The van der Waals surface area contributed by atoms with Gasteiger partial charge < -0.3 is 20.1 Å². The predicted molar refractivity (Wildman–Crippen MR) is 275 cm³/mol. The molecule has 0 aliphatic rings. The normalized spacial score (nSPS) is 13.4. The molecule has 0 fully saturated rings. The summed E-state index contributed by atoms with van der Waals surface area (Å²) in [7, 11) is -4.42. The topological polar surface area (TPSA) is 131 Å². The van der Waals surface area contributed by atoms with E-state index in [9.17, 15) is 24.2 Å². The Balaban J connectivity index is 3.52. The van der Waals surface area contributed by atoms with Gasteiger partial charge in [-0.3, -0.25) is 18.6 Å². The third kappa shape index (κ3) is 53.1. The maximum absolute atomic E-state index is 12.2. The molecular formula is C55H104NO8P. The minimum absolute atomic E-state index is 0.0820. The summed E-state index contributed by atoms with van der Waals surface area (Å²) in [6.07, 6.45) is 60.9. The third-order valence-corrected chi connectivity index (χ3v) is 13.0. The monoisotopic (exact) mass is 938 g/mol. The van der Waals surface area contributed by atoms with Crippen LogP contribution in [-0.2, 0) is 27.9 Å². The van der Waals surface area contributed by atoms with Crippen molar-refractivity contribution >= 4 is 19.7 Å². The van der Waals surface area contributed by atoms with Crippen molar-refractivity contribution in [3.63, 3.8) is 0 Å². The molecule has 0 rings (SSSR count). The Bertz CT molecular complexity index is 1160. The highest BCUT2D eigenvalue weighted by Crippen LogP contribution is 2.42. The van der Waals surface area contributed by atoms with Crippen LogP contribution in [0.4, 0.5) is 0 Å². The molecule has 3 N–H and O–H groups in total. The lowest BCUT2D eigenvalue weighted by molar-refractivity contribution is -0.147. The predicted octanol–water partition coefficient (Wildman–Crippen LogP) is 16.5. The van der Waals surface area contributed by atoms with E-state index in [2.05, 4.69) is 55.6 Å². The summed E-state index contributed by atoms with van der Waals surface area (Å²) < 4.78 is 27.0. The number of phosphoric ester groups is 1. The van der Waals surface area contributed by atoms with Crippen molar-refractivity contribution in [1.82, 2.24) is 5.32 Å². The van der Waals surface area contributed by atoms with Gasteiger partial charge in [0.1, 0.15) is 12.7 Å². The molecule has 0 aromatic heterocycles. The number of unbranched alkanes of at least 4 members (excludes halogenated alkanes) is 33. The second kappa shape index (κ2) is 51.6. The van der Waals surface area contributed by atoms with E-state index in [-0.39, 0.29) is 32.1 Å². The fourth-order valence-corrected chi connectivity index (χ4v) is 8.64. The number of amides is 1. The summed E-state index contributed by atoms with van der Waals surface area (Å²) in [5, 5.41) is 12.8. The van der Waals surface area contributed by atoms with Crippen molar-refractivity contribution in [3.8, 4) is 0 Å². The van der Waals surface area contributed by atoms with Crippen molar-refractivity contribution < 1.29 is 37.9 Å². The highest BCUT2D eigenvalue weighted by molar-refractivity contribution is 7.47. The Kier molecular flexibility index (Phi) is 50.2. The number of ether oxygens (including phenoxy) is 1. The van der Waals surface area contributed by atoms with Gasteiger partial charge in [0, 0.05) is 19.4 Å². The zero-order valence-corrected chi connectivity index (χ0v) is 43.3. The summed E-state index contributed by atoms with van der Waals surface area (Å²) in [5.41, 5.74) is 0. The zero-order chi connectivity index (χ0) is 47.4. The molecule has 0 radical (unpaired) electrons. The number of carbonyl (C=O) groups excluding carboxylic acids is 2. The first kappa shape index (κ1) is 63.2. The Hall–Kier alpha value is -1.77. The standard InChI is InChI=1S/C55H104NO8P/c1-3-5-7-9-11-13-15-17-19-21-23-25-26-28-30-32-34-36-38-40-42-44-46-48-55(59)62-51-53(57)52-64-65(60,61)63-50-49-56-54(58)47-45-43-41-39-37-35-33-31-29-27-24-22-20-18-16-14-12-10-8-6-4-2/h12,14,17-20,53,57H,3-11,13,15-16,21-52H2,1-2H3,(H,56,58)(H,60,61)/b14-12-,19-17+,20-18-. The van der Waals surface area contributed by atoms with E-state index in [4.69, 9.17) is 13.8 Å². The number of carbonyl (C=O) groups is 2. The lowest BCUT2D eigenvalue weighted by atomic mass is 10.0. The first-order chi connectivity index (χ1) is 31.8. The summed E-state index contributed by atoms with van der Waals surface area (Å²) in [6, 6.07) is 0. The summed E-state index contributed by atoms with van der Waals surface area (Å²) in [4.78, 5) is 34.1. The SMILES string of the molecule is CCCCC/C=C\C/C=C\CCCCCCCCCCCCCC(=O)NCCOP(=O)(O)OCC(O)COC(=O)CCCCCCCCCCCCCCC/C=C/CCCCCCCC. The molecule has 9 nitrogen and oxygen atoms in total. The minimum Gasteiger partial charge on any atom is -0.463 e. The summed E-state index contributed by atoms with van der Waals surface area (Å²) in [5.74, 6) is -0.509. The number of esters is 1. The fraction of sp³-hybridized carbons (Fsp3) is 0.855. The molecule has 2 unspecified atom stereocenters. The van der Waals surface area contributed by atoms with Crippen molar-refractivity contribution in [2.75, 3.05) is 26.4 Å². The van der Waals surface area contributed by atoms with E-state index in [1.54, 1.807) is 0 Å². The van der Waals surface area contributed by atoms with Gasteiger partial charge in [0.15, 0.2) is 0 Å². The van der Waals surface area contributed by atoms with Crippen molar-refractivity contribution in [3.05, 3.63) is 36.5 Å². The molecule has 0 aromatic carbocycles. The Morgan fingerprint density at radius 2 is 0.831 bits per heavy atom. The molecule has 0 saturated heterocycles. The van der Waals surface area contributed by atoms with Gasteiger partial charge in [0.05, 0.1) is 13.2 Å². The molecule has 382 valence electrons. The molecule has 0 saturated carbocycles. The van der Waals surface area contributed by atoms with Crippen LogP contribution >= 0.6 is 7.82 Å². The van der Waals surface area contributed by atoms with Crippen molar-refractivity contribution in [2.24, 2.45) is 0 Å². The van der Waals surface area contributed by atoms with E-state index in [0.29, 0.717) is 6.42 Å². The van der Waals surface area contributed by atoms with Gasteiger partial charge in [0.2, 0.25) is 5.91 Å². The molecule has 65 heavy (non-hydrogen) atoms. The van der Waals surface area contributed by atoms with E-state index >= 15 is 0 Å². The summed E-state index contributed by atoms with van der Waals surface area (Å²) >= 11 is 0. The van der Waals surface area contributed by atoms with Crippen LogP contribution in [0.5, 0.6) is 0 Å². The van der Waals surface area contributed by atoms with Gasteiger partial charge in [0.25, 0.3) is 0 Å². The quantitative estimate of drug-likeness (QED) is 0.0238. The van der Waals surface area contributed by atoms with Crippen LogP contribution in [0.25, 0.3) is 0 Å². The van der Waals surface area contributed by atoms with E-state index in [1.165, 1.54) is 199 Å². The number of hydrogen-bond donors (Lipinski definition) is 3. The molecule has 0 aliphatic carbocycles. The maximum atomic E-state index is 12.2. The first-order valence-corrected chi connectivity index (χ1v) is 29.0. The van der Waals surface area contributed by atoms with Crippen molar-refractivity contribution in [2.45, 2.75) is 277 Å². The molecule has 10 heteroatoms. The Morgan fingerprint density at radius 3 is 1.28 bits per heavy atom. The summed E-state index contributed by atoms with van der Waals surface area (Å²) in [6.45, 7) is 3.57. The van der Waals surface area contributed by atoms with Crippen LogP contribution < -0.4 is 5.32 Å². The average molecular weight is 938 g/mol. The lowest BCUT2D eigenvalue weighted by Gasteiger charge is -2.15. The zero-order valence-electron chi connectivity index (χ0n) is 42.4. The number of phosphoric acid groups is 1. The molecule has 2 atom stereocenters. The van der Waals surface area contributed by atoms with Gasteiger partial charge >= 0.3 is 13.8 Å². The van der Waals surface area contributed by atoms with Crippen LogP contribution in [0.2, 0.25) is 0 Å². The molecule has 0 aliphatic heterocycles. The van der Waals surface area contributed by atoms with E-state index < -0.39 is 26.5 Å². The number of aliphatic hydroxyl groups is 1. The maximum Gasteiger partial charge on any atom is 0.472 e. The second-order valence-electron chi connectivity index (χ2n) is 18.5. The van der Waals surface area contributed by atoms with Crippen LogP contribution in [0.1, 0.15) is 271 Å². The van der Waals surface area contributed by atoms with Gasteiger partial charge in [-0.25, -0.2) is 4.57 Å². The number of aliphatic hydroxyl groups excluding tert-OH is 1. The highest BCUT2D eigenvalue weighted by Gasteiger charge is 2.23. The van der Waals surface area contributed by atoms with Crippen LogP contribution in [0, 0.1) is 0 Å². The molecule has 0 heterocycles. The van der Waals surface area contributed by atoms with Gasteiger partial charge in [-0.15, -0.1) is 0 Å². The second-order valence-corrected chi connectivity index (χ2v) is 20.0. The van der Waals surface area contributed by atoms with Gasteiger partial charge in [-0.05, 0) is 70.6 Å². The number of hydrogen-bond acceptors (Lipinski definition) is 7. The smallest absolute Gasteiger partial charge is 0.463 e. The first-order valence-electron chi connectivity index (χ1n) is 27.5. The fourth-order valence-electron chi connectivity index (χ4n) is 7.88. The van der Waals surface area contributed by atoms with E-state index in [1.807, 2.05) is 0 Å².